The summed E-state index contributed by atoms with van der Waals surface area (Å²) in [6.07, 6.45) is 3.89. The van der Waals surface area contributed by atoms with Crippen molar-refractivity contribution in [3.05, 3.63) is 28.7 Å². The Labute approximate surface area is 120 Å². The van der Waals surface area contributed by atoms with Crippen molar-refractivity contribution in [1.29, 1.82) is 0 Å². The van der Waals surface area contributed by atoms with Gasteiger partial charge in [0.05, 0.1) is 12.3 Å². The molecule has 1 fully saturated rings. The van der Waals surface area contributed by atoms with Gasteiger partial charge in [0.2, 0.25) is 0 Å². The van der Waals surface area contributed by atoms with Gasteiger partial charge in [-0.25, -0.2) is 0 Å². The maximum Gasteiger partial charge on any atom is 0.145 e. The molecule has 1 saturated carbocycles. The molecule has 5 heteroatoms. The Bertz CT molecular complexity index is 578. The first-order valence-electron chi connectivity index (χ1n) is 6.46. The molecule has 1 aliphatic carbocycles. The van der Waals surface area contributed by atoms with Crippen LogP contribution in [0.15, 0.2) is 28.7 Å². The smallest absolute Gasteiger partial charge is 0.145 e. The fourth-order valence-electron chi connectivity index (χ4n) is 2.18. The number of halogens is 1. The monoisotopic (exact) mass is 321 g/mol. The van der Waals surface area contributed by atoms with Crippen molar-refractivity contribution in [3.63, 3.8) is 0 Å². The van der Waals surface area contributed by atoms with E-state index in [1.165, 1.54) is 19.3 Å². The van der Waals surface area contributed by atoms with Crippen molar-refractivity contribution in [2.45, 2.75) is 19.3 Å². The van der Waals surface area contributed by atoms with Gasteiger partial charge in [-0.05, 0) is 37.0 Å². The van der Waals surface area contributed by atoms with E-state index in [1.54, 1.807) is 0 Å². The molecule has 3 rings (SSSR count). The molecule has 0 spiro atoms. The fourth-order valence-corrected chi connectivity index (χ4v) is 2.54. The second kappa shape index (κ2) is 5.25. The second-order valence-corrected chi connectivity index (χ2v) is 5.87. The zero-order valence-electron chi connectivity index (χ0n) is 10.5. The van der Waals surface area contributed by atoms with Crippen LogP contribution in [0.4, 0.5) is 5.82 Å². The van der Waals surface area contributed by atoms with Crippen molar-refractivity contribution in [1.82, 2.24) is 10.2 Å². The number of nitrogens with zero attached hydrogens (tertiary/aromatic N) is 1. The number of aromatic nitrogens is 2. The molecule has 0 unspecified atom stereocenters. The van der Waals surface area contributed by atoms with E-state index < -0.39 is 0 Å². The van der Waals surface area contributed by atoms with Crippen LogP contribution in [0, 0.1) is 5.92 Å². The molecule has 1 aliphatic rings. The van der Waals surface area contributed by atoms with Gasteiger partial charge >= 0.3 is 0 Å². The lowest BCUT2D eigenvalue weighted by atomic mass is 9.86. The highest BCUT2D eigenvalue weighted by Gasteiger charge is 2.19. The maximum absolute atomic E-state index is 5.95. The molecule has 0 amide bonds. The molecule has 0 aliphatic heterocycles. The van der Waals surface area contributed by atoms with Crippen LogP contribution in [0.2, 0.25) is 0 Å². The zero-order chi connectivity index (χ0) is 13.2. The Hall–Kier alpha value is -1.49. The van der Waals surface area contributed by atoms with Crippen molar-refractivity contribution in [2.24, 2.45) is 5.92 Å². The van der Waals surface area contributed by atoms with Crippen LogP contribution >= 0.6 is 15.9 Å². The summed E-state index contributed by atoms with van der Waals surface area (Å²) in [6, 6.07) is 7.80. The fraction of sp³-hybridized carbons (Fsp3) is 0.357. The molecule has 0 saturated heterocycles. The number of aromatic amines is 1. The van der Waals surface area contributed by atoms with Crippen molar-refractivity contribution in [2.75, 3.05) is 12.3 Å². The van der Waals surface area contributed by atoms with Crippen LogP contribution in [-0.4, -0.2) is 16.8 Å². The maximum atomic E-state index is 5.95. The average molecular weight is 322 g/mol. The molecule has 2 aromatic rings. The summed E-state index contributed by atoms with van der Waals surface area (Å²) < 4.78 is 6.96. The molecule has 0 bridgehead atoms. The van der Waals surface area contributed by atoms with Gasteiger partial charge in [-0.3, -0.25) is 5.10 Å². The van der Waals surface area contributed by atoms with Crippen molar-refractivity contribution >= 4 is 21.7 Å². The topological polar surface area (TPSA) is 63.9 Å². The second-order valence-electron chi connectivity index (χ2n) is 4.95. The molecule has 1 aromatic heterocycles. The van der Waals surface area contributed by atoms with Gasteiger partial charge < -0.3 is 10.5 Å². The Morgan fingerprint density at radius 3 is 2.84 bits per heavy atom. The van der Waals surface area contributed by atoms with E-state index in [-0.39, 0.29) is 0 Å². The molecule has 4 nitrogen and oxygen atoms in total. The predicted molar refractivity (Wildman–Crippen MR) is 79.0 cm³/mol. The van der Waals surface area contributed by atoms with E-state index in [9.17, 15) is 0 Å². The molecular weight excluding hydrogens is 306 g/mol. The van der Waals surface area contributed by atoms with E-state index in [1.807, 2.05) is 24.3 Å². The number of anilines is 1. The first-order chi connectivity index (χ1) is 9.22. The van der Waals surface area contributed by atoms with E-state index in [0.29, 0.717) is 11.7 Å². The van der Waals surface area contributed by atoms with Crippen LogP contribution in [0.1, 0.15) is 19.3 Å². The highest BCUT2D eigenvalue weighted by atomic mass is 79.9. The van der Waals surface area contributed by atoms with E-state index in [2.05, 4.69) is 26.1 Å². The first kappa shape index (κ1) is 12.5. The minimum Gasteiger partial charge on any atom is -0.493 e. The lowest BCUT2D eigenvalue weighted by Gasteiger charge is -2.25. The Kier molecular flexibility index (Phi) is 3.46. The number of nitrogens with two attached hydrogens (primary N) is 1. The summed E-state index contributed by atoms with van der Waals surface area (Å²) >= 11 is 3.48. The molecule has 0 atom stereocenters. The number of nitrogens with one attached hydrogen (secondary N) is 1. The predicted octanol–water partition coefficient (Wildman–Crippen LogP) is 3.60. The summed E-state index contributed by atoms with van der Waals surface area (Å²) in [7, 11) is 0. The van der Waals surface area contributed by atoms with Gasteiger partial charge in [-0.15, -0.1) is 0 Å². The first-order valence-corrected chi connectivity index (χ1v) is 7.25. The average Bonchev–Trinajstić information content (AvgIpc) is 2.75. The standard InChI is InChI=1S/C14H16BrN3O/c15-10-4-5-13(19-8-9-2-1-3-9)11(6-10)12-7-14(16)18-17-12/h4-7,9H,1-3,8H2,(H3,16,17,18). The van der Waals surface area contributed by atoms with E-state index in [0.717, 1.165) is 28.1 Å². The van der Waals surface area contributed by atoms with Gasteiger partial charge in [0, 0.05) is 16.1 Å². The number of rotatable bonds is 4. The minimum absolute atomic E-state index is 0.486. The summed E-state index contributed by atoms with van der Waals surface area (Å²) in [5.41, 5.74) is 7.52. The zero-order valence-corrected chi connectivity index (χ0v) is 12.1. The molecule has 3 N–H and O–H groups in total. The van der Waals surface area contributed by atoms with Crippen molar-refractivity contribution in [3.8, 4) is 17.0 Å². The van der Waals surface area contributed by atoms with Crippen LogP contribution in [0.5, 0.6) is 5.75 Å². The lowest BCUT2D eigenvalue weighted by molar-refractivity contribution is 0.181. The SMILES string of the molecule is Nc1cc(-c2cc(Br)ccc2OCC2CCC2)[nH]n1. The normalized spacial score (nSPS) is 15.2. The number of hydrogen-bond acceptors (Lipinski definition) is 3. The molecule has 100 valence electrons. The number of nitrogen functional groups attached to an aromatic ring is 1. The summed E-state index contributed by atoms with van der Waals surface area (Å²) in [5.74, 6) is 2.07. The molecule has 19 heavy (non-hydrogen) atoms. The van der Waals surface area contributed by atoms with Gasteiger partial charge in [0.1, 0.15) is 11.6 Å². The number of ether oxygens (including phenoxy) is 1. The van der Waals surface area contributed by atoms with Gasteiger partial charge in [0.25, 0.3) is 0 Å². The van der Waals surface area contributed by atoms with Crippen molar-refractivity contribution < 1.29 is 4.74 Å². The lowest BCUT2D eigenvalue weighted by Crippen LogP contribution is -2.19. The Morgan fingerprint density at radius 2 is 2.21 bits per heavy atom. The summed E-state index contributed by atoms with van der Waals surface area (Å²) in [5, 5.41) is 6.90. The number of hydrogen-bond donors (Lipinski definition) is 2. The van der Waals surface area contributed by atoms with Gasteiger partial charge in [-0.2, -0.15) is 5.10 Å². The molecule has 1 aromatic carbocycles. The highest BCUT2D eigenvalue weighted by molar-refractivity contribution is 9.10. The third kappa shape index (κ3) is 2.76. The third-order valence-corrected chi connectivity index (χ3v) is 4.02. The largest absolute Gasteiger partial charge is 0.493 e. The molecular formula is C14H16BrN3O. The van der Waals surface area contributed by atoms with Gasteiger partial charge in [-0.1, -0.05) is 22.4 Å². The summed E-state index contributed by atoms with van der Waals surface area (Å²) in [4.78, 5) is 0. The van der Waals surface area contributed by atoms with Crippen LogP contribution < -0.4 is 10.5 Å². The highest BCUT2D eigenvalue weighted by Crippen LogP contribution is 2.34. The molecule has 0 radical (unpaired) electrons. The minimum atomic E-state index is 0.486. The van der Waals surface area contributed by atoms with Crippen LogP contribution in [-0.2, 0) is 0 Å². The Morgan fingerprint density at radius 1 is 1.37 bits per heavy atom. The van der Waals surface area contributed by atoms with Gasteiger partial charge in [0.15, 0.2) is 0 Å². The number of H-pyrrole nitrogens is 1. The summed E-state index contributed by atoms with van der Waals surface area (Å²) in [6.45, 7) is 0.790. The van der Waals surface area contributed by atoms with E-state index >= 15 is 0 Å². The number of benzene rings is 1. The van der Waals surface area contributed by atoms with E-state index in [4.69, 9.17) is 10.5 Å². The Balaban J connectivity index is 1.85. The van der Waals surface area contributed by atoms with Crippen LogP contribution in [0.3, 0.4) is 0 Å². The molecule has 1 heterocycles. The third-order valence-electron chi connectivity index (χ3n) is 3.53. The van der Waals surface area contributed by atoms with Crippen LogP contribution in [0.25, 0.3) is 11.3 Å². The quantitative estimate of drug-likeness (QED) is 0.904.